The van der Waals surface area contributed by atoms with Gasteiger partial charge in [-0.05, 0) is 37.4 Å². The summed E-state index contributed by atoms with van der Waals surface area (Å²) in [6, 6.07) is 9.61. The lowest BCUT2D eigenvalue weighted by molar-refractivity contribution is 0.100. The monoisotopic (exact) mass is 284 g/mol. The van der Waals surface area contributed by atoms with Gasteiger partial charge in [-0.3, -0.25) is 4.79 Å². The number of nitrogens with one attached hydrogen (secondary N) is 1. The normalized spacial score (nSPS) is 21.6. The number of carbonyl (C=O) groups excluding carboxylic acids is 1. The van der Waals surface area contributed by atoms with E-state index in [4.69, 9.17) is 11.5 Å². The van der Waals surface area contributed by atoms with Gasteiger partial charge in [0.15, 0.2) is 0 Å². The lowest BCUT2D eigenvalue weighted by atomic mass is 10.0. The zero-order chi connectivity index (χ0) is 14.8. The van der Waals surface area contributed by atoms with E-state index in [9.17, 15) is 4.79 Å². The molecule has 3 rings (SSSR count). The highest BCUT2D eigenvalue weighted by atomic mass is 16.1. The standard InChI is InChI=1S/C16H20N4O/c17-9-10-4-3-7-13(10)19-15-8-12(16(18)21)11-5-1-2-6-14(11)20-15/h1-2,5-6,8,10,13H,3-4,7,9,17H2,(H2,18,21)(H,19,20). The number of anilines is 1. The van der Waals surface area contributed by atoms with Crippen molar-refractivity contribution >= 4 is 22.6 Å². The van der Waals surface area contributed by atoms with Crippen molar-refractivity contribution in [1.29, 1.82) is 0 Å². The van der Waals surface area contributed by atoms with E-state index in [0.717, 1.165) is 23.7 Å². The maximum atomic E-state index is 11.7. The van der Waals surface area contributed by atoms with Gasteiger partial charge < -0.3 is 16.8 Å². The Morgan fingerprint density at radius 3 is 2.90 bits per heavy atom. The van der Waals surface area contributed by atoms with E-state index < -0.39 is 5.91 Å². The molecule has 0 saturated heterocycles. The van der Waals surface area contributed by atoms with Crippen LogP contribution in [-0.2, 0) is 0 Å². The molecule has 5 N–H and O–H groups in total. The van der Waals surface area contributed by atoms with Crippen molar-refractivity contribution in [3.8, 4) is 0 Å². The summed E-state index contributed by atoms with van der Waals surface area (Å²) in [7, 11) is 0. The number of hydrogen-bond acceptors (Lipinski definition) is 4. The van der Waals surface area contributed by atoms with Crippen molar-refractivity contribution in [2.45, 2.75) is 25.3 Å². The van der Waals surface area contributed by atoms with Crippen LogP contribution < -0.4 is 16.8 Å². The van der Waals surface area contributed by atoms with Crippen molar-refractivity contribution < 1.29 is 4.79 Å². The highest BCUT2D eigenvalue weighted by Crippen LogP contribution is 2.28. The molecule has 1 amide bonds. The van der Waals surface area contributed by atoms with E-state index in [2.05, 4.69) is 10.3 Å². The Kier molecular flexibility index (Phi) is 3.75. The molecule has 2 aromatic rings. The SMILES string of the molecule is NCC1CCCC1Nc1cc(C(N)=O)c2ccccc2n1. The molecule has 110 valence electrons. The van der Waals surface area contributed by atoms with Crippen LogP contribution in [0.4, 0.5) is 5.82 Å². The molecule has 1 saturated carbocycles. The third-order valence-electron chi connectivity index (χ3n) is 4.28. The lowest BCUT2D eigenvalue weighted by Crippen LogP contribution is -2.30. The second-order valence-corrected chi connectivity index (χ2v) is 5.61. The Labute approximate surface area is 123 Å². The first-order valence-corrected chi connectivity index (χ1v) is 7.35. The summed E-state index contributed by atoms with van der Waals surface area (Å²) in [4.78, 5) is 16.3. The fourth-order valence-electron chi connectivity index (χ4n) is 3.15. The molecule has 1 aromatic carbocycles. The number of aromatic nitrogens is 1. The summed E-state index contributed by atoms with van der Waals surface area (Å²) in [5.74, 6) is 0.738. The number of primary amides is 1. The minimum absolute atomic E-state index is 0.324. The van der Waals surface area contributed by atoms with Crippen LogP contribution >= 0.6 is 0 Å². The van der Waals surface area contributed by atoms with E-state index >= 15 is 0 Å². The molecular weight excluding hydrogens is 264 g/mol. The largest absolute Gasteiger partial charge is 0.367 e. The van der Waals surface area contributed by atoms with Gasteiger partial charge in [0.2, 0.25) is 5.91 Å². The number of nitrogens with two attached hydrogens (primary N) is 2. The first-order valence-electron chi connectivity index (χ1n) is 7.35. The molecule has 1 fully saturated rings. The molecule has 1 aliphatic rings. The number of benzene rings is 1. The zero-order valence-corrected chi connectivity index (χ0v) is 11.9. The van der Waals surface area contributed by atoms with Gasteiger partial charge in [-0.25, -0.2) is 4.98 Å². The molecule has 0 spiro atoms. The number of nitrogens with zero attached hydrogens (tertiary/aromatic N) is 1. The molecule has 1 aromatic heterocycles. The summed E-state index contributed by atoms with van der Waals surface area (Å²) in [5, 5.41) is 4.22. The van der Waals surface area contributed by atoms with Crippen molar-refractivity contribution in [2.24, 2.45) is 17.4 Å². The number of para-hydroxylation sites is 1. The quantitative estimate of drug-likeness (QED) is 0.799. The summed E-state index contributed by atoms with van der Waals surface area (Å²) in [6.07, 6.45) is 3.41. The molecule has 2 atom stereocenters. The molecular formula is C16H20N4O. The van der Waals surface area contributed by atoms with Crippen LogP contribution in [0.15, 0.2) is 30.3 Å². The number of fused-ring (bicyclic) bond motifs is 1. The zero-order valence-electron chi connectivity index (χ0n) is 11.9. The Balaban J connectivity index is 1.97. The van der Waals surface area contributed by atoms with Crippen LogP contribution in [-0.4, -0.2) is 23.5 Å². The van der Waals surface area contributed by atoms with E-state index in [-0.39, 0.29) is 0 Å². The minimum Gasteiger partial charge on any atom is -0.367 e. The Morgan fingerprint density at radius 1 is 1.33 bits per heavy atom. The van der Waals surface area contributed by atoms with Crippen LogP contribution in [0.25, 0.3) is 10.9 Å². The summed E-state index contributed by atoms with van der Waals surface area (Å²) in [6.45, 7) is 0.675. The van der Waals surface area contributed by atoms with Gasteiger partial charge in [0.25, 0.3) is 0 Å². The van der Waals surface area contributed by atoms with Crippen molar-refractivity contribution in [3.63, 3.8) is 0 Å². The Bertz CT molecular complexity index is 670. The van der Waals surface area contributed by atoms with Crippen LogP contribution in [0.3, 0.4) is 0 Å². The van der Waals surface area contributed by atoms with Crippen molar-refractivity contribution in [1.82, 2.24) is 4.98 Å². The topological polar surface area (TPSA) is 94.0 Å². The van der Waals surface area contributed by atoms with Gasteiger partial charge in [-0.2, -0.15) is 0 Å². The van der Waals surface area contributed by atoms with E-state index in [0.29, 0.717) is 29.9 Å². The molecule has 5 heteroatoms. The molecule has 1 aliphatic carbocycles. The summed E-state index contributed by atoms with van der Waals surface area (Å²) in [5.41, 5.74) is 12.6. The third kappa shape index (κ3) is 2.69. The number of pyridine rings is 1. The maximum absolute atomic E-state index is 11.7. The smallest absolute Gasteiger partial charge is 0.249 e. The third-order valence-corrected chi connectivity index (χ3v) is 4.28. The average molecular weight is 284 g/mol. The molecule has 0 bridgehead atoms. The maximum Gasteiger partial charge on any atom is 0.249 e. The second-order valence-electron chi connectivity index (χ2n) is 5.61. The predicted octanol–water partition coefficient (Wildman–Crippen LogP) is 1.87. The number of hydrogen-bond donors (Lipinski definition) is 3. The highest BCUT2D eigenvalue weighted by molar-refractivity contribution is 6.06. The molecule has 0 radical (unpaired) electrons. The summed E-state index contributed by atoms with van der Waals surface area (Å²) >= 11 is 0. The Hall–Kier alpha value is -2.14. The van der Waals surface area contributed by atoms with Gasteiger partial charge in [0.05, 0.1) is 11.1 Å². The van der Waals surface area contributed by atoms with E-state index in [1.807, 2.05) is 24.3 Å². The number of rotatable bonds is 4. The van der Waals surface area contributed by atoms with Gasteiger partial charge >= 0.3 is 0 Å². The second kappa shape index (κ2) is 5.69. The fraction of sp³-hybridized carbons (Fsp3) is 0.375. The molecule has 1 heterocycles. The van der Waals surface area contributed by atoms with Gasteiger partial charge in [0.1, 0.15) is 5.82 Å². The van der Waals surface area contributed by atoms with Gasteiger partial charge in [0, 0.05) is 11.4 Å². The predicted molar refractivity (Wildman–Crippen MR) is 84.1 cm³/mol. The molecule has 5 nitrogen and oxygen atoms in total. The Morgan fingerprint density at radius 2 is 2.14 bits per heavy atom. The van der Waals surface area contributed by atoms with Crippen molar-refractivity contribution in [2.75, 3.05) is 11.9 Å². The van der Waals surface area contributed by atoms with Crippen molar-refractivity contribution in [3.05, 3.63) is 35.9 Å². The van der Waals surface area contributed by atoms with Gasteiger partial charge in [-0.1, -0.05) is 24.6 Å². The van der Waals surface area contributed by atoms with Gasteiger partial charge in [-0.15, -0.1) is 0 Å². The minimum atomic E-state index is -0.432. The highest BCUT2D eigenvalue weighted by Gasteiger charge is 2.26. The van der Waals surface area contributed by atoms with Crippen LogP contribution in [0, 0.1) is 5.92 Å². The first-order chi connectivity index (χ1) is 10.2. The van der Waals surface area contributed by atoms with Crippen LogP contribution in [0.1, 0.15) is 29.6 Å². The van der Waals surface area contributed by atoms with Crippen LogP contribution in [0.2, 0.25) is 0 Å². The van der Waals surface area contributed by atoms with E-state index in [1.54, 1.807) is 6.07 Å². The lowest BCUT2D eigenvalue weighted by Gasteiger charge is -2.20. The number of carbonyl (C=O) groups is 1. The van der Waals surface area contributed by atoms with E-state index in [1.165, 1.54) is 6.42 Å². The number of amides is 1. The molecule has 2 unspecified atom stereocenters. The molecule has 0 aliphatic heterocycles. The van der Waals surface area contributed by atoms with Crippen LogP contribution in [0.5, 0.6) is 0 Å². The summed E-state index contributed by atoms with van der Waals surface area (Å²) < 4.78 is 0. The fourth-order valence-corrected chi connectivity index (χ4v) is 3.15. The average Bonchev–Trinajstić information content (AvgIpc) is 2.93. The molecule has 21 heavy (non-hydrogen) atoms. The first kappa shape index (κ1) is 13.8.